The molecule has 0 amide bonds. The van der Waals surface area contributed by atoms with E-state index in [9.17, 15) is 4.79 Å². The van der Waals surface area contributed by atoms with E-state index in [2.05, 4.69) is 30.3 Å². The normalized spacial score (nSPS) is 94.1. The number of carbonyl (C=O) groups excluding carboxylic acids is 1. The first kappa shape index (κ1) is 34.1. The zero-order valence-electron chi connectivity index (χ0n) is 42.8. The van der Waals surface area contributed by atoms with E-state index in [1.165, 1.54) is 285 Å². The number of hydrogen-bond acceptors (Lipinski definition) is 2. The van der Waals surface area contributed by atoms with Crippen molar-refractivity contribution < 1.29 is 9.53 Å². The standard InChI is InChI=1S/C72H72O2/c1-74-11(73)8-5-9-70(10-6-3-2-4-7-10)71-66-59-52-40-32-23-14-12-13-15-18(14)27-34(32)42-43-35(27)33-24(15)26-22-17(13)20-19-16(12)21-25(23)38(40)46-44-30(21)28(19)36-37-29(20)31(22)45-47-39(26)41(33)53-55(43)64(63(66)54(42)52)67-60(53)58(47)62-51(45)49(37)56-48(36)50(44)61(57(46)59)68(71)65(56)69(62)72(67,70)71/h2-4,6-7,12-69H,5,8-9H2,1H3/t12?,13?,14?,15?,16?,17?,18?,19?,20?,21?,22?,23?,24?,25?,26?,27?,28?,29?,30?,31?,32?,33?,34?,35?,36?,37?,38?,39?,40?,41?,42?,43?,44?,45?,46?,47?,48?,49?,50?,51?,52?,53?,54?,55?,56?,57?,58?,59?,60?,61?,62?,63?,64?,65?,66?,67?,68?,69?,70?,71-,72-/m1/s1. The molecule has 33 aliphatic carbocycles. The molecule has 372 valence electrons. The Morgan fingerprint density at radius 2 is 0.514 bits per heavy atom. The van der Waals surface area contributed by atoms with E-state index in [0.717, 1.165) is 71.5 Å². The van der Waals surface area contributed by atoms with Crippen LogP contribution in [0.2, 0.25) is 0 Å². The van der Waals surface area contributed by atoms with Gasteiger partial charge in [0.15, 0.2) is 0 Å². The van der Waals surface area contributed by atoms with Gasteiger partial charge in [-0.15, -0.1) is 0 Å². The van der Waals surface area contributed by atoms with Crippen LogP contribution in [-0.4, -0.2) is 13.1 Å². The van der Waals surface area contributed by atoms with Crippen molar-refractivity contribution in [3.8, 4) is 0 Å². The quantitative estimate of drug-likeness (QED) is 0.275. The summed E-state index contributed by atoms with van der Waals surface area (Å²) in [4.78, 5) is 13.8. The van der Waals surface area contributed by atoms with Crippen LogP contribution in [0.25, 0.3) is 0 Å². The van der Waals surface area contributed by atoms with Crippen molar-refractivity contribution in [2.45, 2.75) is 24.7 Å². The molecule has 0 heterocycles. The van der Waals surface area contributed by atoms with Crippen LogP contribution in [0.1, 0.15) is 24.8 Å². The van der Waals surface area contributed by atoms with E-state index in [-0.39, 0.29) is 5.97 Å². The SMILES string of the molecule is COC(=O)CCCC1(c2ccccc2)[C@@]23C4C5C6C7C8C9C%10C%11C%12C%13C%10C%10C8C8C%14C%10C%10C%13C%13C%15C%12C%12C%16C%11C%11C9C7C7C9C%11C%16C%11C%16C%12C%15C%12C%15C%13C%10C%10C%14C(C4C86)C4C%10C%15C6C%12C%16C8C%11C9C(C75)C2C8C6[C@]413. The highest BCUT2D eigenvalue weighted by Crippen LogP contribution is 3.14. The number of ether oxygens (including phenoxy) is 1. The predicted molar refractivity (Wildman–Crippen MR) is 261 cm³/mol. The molecule has 0 N–H and O–H groups in total. The molecule has 54 unspecified atom stereocenters. The molecule has 0 aromatic heterocycles. The molecule has 56 atom stereocenters. The average molecular weight is 969 g/mol. The Bertz CT molecular complexity index is 2920. The summed E-state index contributed by atoms with van der Waals surface area (Å²) in [6, 6.07) is 13.5. The number of carbonyl (C=O) groups is 1. The monoisotopic (exact) mass is 969 g/mol. The second kappa shape index (κ2) is 8.47. The average Bonchev–Trinajstić information content (AvgIpc) is 3.83. The van der Waals surface area contributed by atoms with E-state index in [1.807, 2.05) is 5.56 Å². The van der Waals surface area contributed by atoms with Crippen molar-refractivity contribution in [1.29, 1.82) is 0 Å². The van der Waals surface area contributed by atoms with Crippen LogP contribution in [0.5, 0.6) is 0 Å². The van der Waals surface area contributed by atoms with E-state index in [0.29, 0.717) is 22.7 Å². The number of hydrogen-bond donors (Lipinski definition) is 0. The Morgan fingerprint density at radius 3 is 0.770 bits per heavy atom. The molecular formula is C72H72O2. The number of esters is 1. The molecule has 2 nitrogen and oxygen atoms in total. The molecule has 1 aromatic rings. The van der Waals surface area contributed by atoms with Crippen molar-refractivity contribution in [2.24, 2.45) is 354 Å². The van der Waals surface area contributed by atoms with Crippen molar-refractivity contribution >= 4 is 5.97 Å². The molecule has 34 rings (SSSR count). The van der Waals surface area contributed by atoms with Gasteiger partial charge in [-0.3, -0.25) is 4.79 Å². The van der Waals surface area contributed by atoms with Gasteiger partial charge < -0.3 is 4.74 Å². The Balaban J connectivity index is 0.832. The largest absolute Gasteiger partial charge is 0.469 e. The number of rotatable bonds is 5. The highest BCUT2D eigenvalue weighted by atomic mass is 16.5. The maximum atomic E-state index is 13.8. The Labute approximate surface area is 435 Å². The molecule has 0 aliphatic heterocycles. The number of methoxy groups -OCH3 is 1. The van der Waals surface area contributed by atoms with Crippen LogP contribution < -0.4 is 0 Å². The van der Waals surface area contributed by atoms with Gasteiger partial charge in [-0.1, -0.05) is 30.3 Å². The van der Waals surface area contributed by atoms with E-state index < -0.39 is 0 Å². The lowest BCUT2D eigenvalue weighted by Gasteiger charge is -2.67. The summed E-state index contributed by atoms with van der Waals surface area (Å²) < 4.78 is 5.72. The van der Waals surface area contributed by atoms with Crippen molar-refractivity contribution in [3.63, 3.8) is 0 Å². The topological polar surface area (TPSA) is 26.3 Å². The molecule has 2 heteroatoms. The number of benzene rings is 1. The van der Waals surface area contributed by atoms with Crippen molar-refractivity contribution in [2.75, 3.05) is 7.11 Å². The van der Waals surface area contributed by atoms with Crippen LogP contribution in [0, 0.1) is 354 Å². The molecule has 33 aliphatic rings. The molecule has 0 saturated heterocycles. The smallest absolute Gasteiger partial charge is 0.305 e. The minimum absolute atomic E-state index is 0.120. The van der Waals surface area contributed by atoms with Gasteiger partial charge in [-0.05, 0) is 372 Å². The lowest BCUT2D eigenvalue weighted by atomic mass is 9.37. The first-order valence-electron chi connectivity index (χ1n) is 34.9. The van der Waals surface area contributed by atoms with Gasteiger partial charge in [0, 0.05) is 11.8 Å². The molecule has 74 heavy (non-hydrogen) atoms. The lowest BCUT2D eigenvalue weighted by molar-refractivity contribution is -0.202. The minimum atomic E-state index is 0.120. The van der Waals surface area contributed by atoms with Gasteiger partial charge in [0.1, 0.15) is 0 Å². The van der Waals surface area contributed by atoms with Crippen LogP contribution in [0.15, 0.2) is 30.3 Å². The highest BCUT2D eigenvalue weighted by molar-refractivity contribution is 5.69. The summed E-state index contributed by atoms with van der Waals surface area (Å²) in [5.74, 6) is 70.1. The Kier molecular flexibility index (Phi) is 3.90. The van der Waals surface area contributed by atoms with Gasteiger partial charge in [0.05, 0.1) is 7.11 Å². The summed E-state index contributed by atoms with van der Waals surface area (Å²) in [5.41, 5.74) is 3.39. The zero-order chi connectivity index (χ0) is 44.5. The van der Waals surface area contributed by atoms with Crippen LogP contribution >= 0.6 is 0 Å². The van der Waals surface area contributed by atoms with Gasteiger partial charge in [-0.2, -0.15) is 0 Å². The van der Waals surface area contributed by atoms with E-state index in [4.69, 9.17) is 4.74 Å². The fraction of sp³-hybridized carbons (Fsp3) is 0.903. The fourth-order valence-corrected chi connectivity index (χ4v) is 50.5. The summed E-state index contributed by atoms with van der Waals surface area (Å²) in [7, 11) is 1.73. The third-order valence-electron chi connectivity index (χ3n) is 44.1. The van der Waals surface area contributed by atoms with Gasteiger partial charge in [0.2, 0.25) is 0 Å². The first-order chi connectivity index (χ1) is 36.8. The summed E-state index contributed by atoms with van der Waals surface area (Å²) >= 11 is 0. The van der Waals surface area contributed by atoms with Crippen LogP contribution in [-0.2, 0) is 14.9 Å². The molecular weight excluding hydrogens is 897 g/mol. The highest BCUT2D eigenvalue weighted by Gasteiger charge is 3.12. The molecule has 33 fully saturated rings. The van der Waals surface area contributed by atoms with Crippen molar-refractivity contribution in [1.82, 2.24) is 0 Å². The summed E-state index contributed by atoms with van der Waals surface area (Å²) in [6.45, 7) is 0. The van der Waals surface area contributed by atoms with E-state index in [1.54, 1.807) is 7.11 Å². The molecule has 2 spiro atoms. The molecule has 0 radical (unpaired) electrons. The minimum Gasteiger partial charge on any atom is -0.469 e. The zero-order valence-corrected chi connectivity index (χ0v) is 42.8. The lowest BCUT2D eigenvalue weighted by Crippen LogP contribution is -2.64. The Hall–Kier alpha value is -1.31. The molecule has 0 bridgehead atoms. The summed E-state index contributed by atoms with van der Waals surface area (Å²) in [5, 5.41) is 0. The van der Waals surface area contributed by atoms with Gasteiger partial charge in [0.25, 0.3) is 0 Å². The van der Waals surface area contributed by atoms with Crippen LogP contribution in [0.3, 0.4) is 0 Å². The summed E-state index contributed by atoms with van der Waals surface area (Å²) in [6.07, 6.45) is 3.20. The second-order valence-electron chi connectivity index (χ2n) is 38.7. The molecule has 33 saturated carbocycles. The predicted octanol–water partition coefficient (Wildman–Crippen LogP) is 9.42. The third kappa shape index (κ3) is 2.04. The van der Waals surface area contributed by atoms with E-state index >= 15 is 0 Å². The fourth-order valence-electron chi connectivity index (χ4n) is 50.5. The van der Waals surface area contributed by atoms with Gasteiger partial charge >= 0.3 is 5.97 Å². The third-order valence-corrected chi connectivity index (χ3v) is 44.1. The maximum absolute atomic E-state index is 13.8. The van der Waals surface area contributed by atoms with Crippen molar-refractivity contribution in [3.05, 3.63) is 35.9 Å². The van der Waals surface area contributed by atoms with Crippen LogP contribution in [0.4, 0.5) is 0 Å². The first-order valence-corrected chi connectivity index (χ1v) is 34.9. The second-order valence-corrected chi connectivity index (χ2v) is 38.7. The Morgan fingerprint density at radius 1 is 0.311 bits per heavy atom. The molecule has 1 aromatic carbocycles. The van der Waals surface area contributed by atoms with Gasteiger partial charge in [-0.25, -0.2) is 0 Å². The maximum Gasteiger partial charge on any atom is 0.305 e.